The maximum atomic E-state index is 12.8. The van der Waals surface area contributed by atoms with Crippen molar-refractivity contribution in [1.29, 1.82) is 0 Å². The number of carbonyl (C=O) groups is 3. The van der Waals surface area contributed by atoms with Gasteiger partial charge < -0.3 is 14.2 Å². The first-order valence-electron chi connectivity index (χ1n) is 26.8. The highest BCUT2D eigenvalue weighted by Gasteiger charge is 2.19. The molecule has 0 N–H and O–H groups in total. The number of unbranched alkanes of at least 4 members (excludes halogenated alkanes) is 34. The number of hydrogen-bond acceptors (Lipinski definition) is 6. The van der Waals surface area contributed by atoms with E-state index in [0.717, 1.165) is 64.2 Å². The van der Waals surface area contributed by atoms with Gasteiger partial charge in [0.2, 0.25) is 0 Å². The molecule has 0 aromatic rings. The Bertz CT molecular complexity index is 989. The average Bonchev–Trinajstić information content (AvgIpc) is 3.26. The Morgan fingerprint density at radius 2 is 0.541 bits per heavy atom. The molecule has 6 nitrogen and oxygen atoms in total. The zero-order valence-corrected chi connectivity index (χ0v) is 40.9. The van der Waals surface area contributed by atoms with Crippen molar-refractivity contribution < 1.29 is 28.6 Å². The lowest BCUT2D eigenvalue weighted by molar-refractivity contribution is -0.167. The van der Waals surface area contributed by atoms with Crippen LogP contribution in [0.4, 0.5) is 0 Å². The zero-order chi connectivity index (χ0) is 44.4. The van der Waals surface area contributed by atoms with Gasteiger partial charge in [0, 0.05) is 19.3 Å². The van der Waals surface area contributed by atoms with Gasteiger partial charge >= 0.3 is 17.9 Å². The van der Waals surface area contributed by atoms with E-state index in [-0.39, 0.29) is 31.1 Å². The number of carbonyl (C=O) groups excluding carboxylic acids is 3. The quantitative estimate of drug-likeness (QED) is 0.0262. The van der Waals surface area contributed by atoms with Gasteiger partial charge in [-0.15, -0.1) is 0 Å². The summed E-state index contributed by atoms with van der Waals surface area (Å²) < 4.78 is 16.8. The Kier molecular flexibility index (Phi) is 48.8. The van der Waals surface area contributed by atoms with Crippen LogP contribution in [0.3, 0.4) is 0 Å². The lowest BCUT2D eigenvalue weighted by Crippen LogP contribution is -2.30. The summed E-state index contributed by atoms with van der Waals surface area (Å²) in [6.45, 7) is 6.64. The number of esters is 3. The van der Waals surface area contributed by atoms with Gasteiger partial charge in [-0.2, -0.15) is 0 Å². The average molecular weight is 859 g/mol. The van der Waals surface area contributed by atoms with Crippen LogP contribution in [0.1, 0.15) is 290 Å². The van der Waals surface area contributed by atoms with Crippen molar-refractivity contribution in [2.24, 2.45) is 0 Å². The lowest BCUT2D eigenvalue weighted by Gasteiger charge is -2.18. The smallest absolute Gasteiger partial charge is 0.306 e. The summed E-state index contributed by atoms with van der Waals surface area (Å²) in [5.74, 6) is -0.871. The predicted molar refractivity (Wildman–Crippen MR) is 261 cm³/mol. The van der Waals surface area contributed by atoms with Crippen LogP contribution in [0.2, 0.25) is 0 Å². The first-order chi connectivity index (χ1) is 30.0. The molecular formula is C55H102O6. The van der Waals surface area contributed by atoms with E-state index in [0.29, 0.717) is 19.3 Å². The minimum Gasteiger partial charge on any atom is -0.462 e. The Morgan fingerprint density at radius 1 is 0.311 bits per heavy atom. The van der Waals surface area contributed by atoms with Crippen LogP contribution < -0.4 is 0 Å². The molecule has 358 valence electrons. The topological polar surface area (TPSA) is 78.9 Å². The van der Waals surface area contributed by atoms with E-state index in [4.69, 9.17) is 14.2 Å². The molecule has 0 spiro atoms. The molecule has 6 heteroatoms. The van der Waals surface area contributed by atoms with Crippen LogP contribution in [0.5, 0.6) is 0 Å². The van der Waals surface area contributed by atoms with Crippen LogP contribution in [0.25, 0.3) is 0 Å². The molecule has 0 unspecified atom stereocenters. The predicted octanol–water partition coefficient (Wildman–Crippen LogP) is 17.5. The Balaban J connectivity index is 4.35. The molecule has 0 fully saturated rings. The number of allylic oxidation sites excluding steroid dienone is 4. The fourth-order valence-electron chi connectivity index (χ4n) is 7.84. The third kappa shape index (κ3) is 48.8. The van der Waals surface area contributed by atoms with Crippen molar-refractivity contribution in [3.63, 3.8) is 0 Å². The first kappa shape index (κ1) is 58.9. The summed E-state index contributed by atoms with van der Waals surface area (Å²) in [5.41, 5.74) is 0. The van der Waals surface area contributed by atoms with E-state index in [1.54, 1.807) is 0 Å². The van der Waals surface area contributed by atoms with Crippen molar-refractivity contribution in [1.82, 2.24) is 0 Å². The molecule has 0 aliphatic rings. The van der Waals surface area contributed by atoms with E-state index in [1.165, 1.54) is 186 Å². The van der Waals surface area contributed by atoms with E-state index in [9.17, 15) is 14.4 Å². The van der Waals surface area contributed by atoms with Crippen LogP contribution in [0.15, 0.2) is 24.3 Å². The maximum absolute atomic E-state index is 12.8. The molecule has 0 saturated heterocycles. The second kappa shape index (κ2) is 50.5. The third-order valence-corrected chi connectivity index (χ3v) is 11.9. The molecule has 0 amide bonds. The highest BCUT2D eigenvalue weighted by molar-refractivity contribution is 5.71. The molecule has 0 saturated carbocycles. The molecular weight excluding hydrogens is 757 g/mol. The van der Waals surface area contributed by atoms with Crippen molar-refractivity contribution in [3.05, 3.63) is 24.3 Å². The Hall–Kier alpha value is -2.11. The molecule has 0 aliphatic carbocycles. The van der Waals surface area contributed by atoms with Gasteiger partial charge in [0.1, 0.15) is 13.2 Å². The standard InChI is InChI=1S/C55H102O6/c1-4-7-10-13-16-19-22-25-28-31-33-36-39-42-45-48-54(57)60-51-52(61-55(58)49-46-43-40-37-34-30-27-24-21-18-15-12-9-6-3)50-59-53(56)47-44-41-38-35-32-29-26-23-20-17-14-11-8-5-2/h19,22,24,27,52H,4-18,20-21,23,25-26,28-51H2,1-3H3/b22-19+,27-24+/t52-/m1/s1. The summed E-state index contributed by atoms with van der Waals surface area (Å²) in [6, 6.07) is 0. The molecule has 0 aromatic carbocycles. The SMILES string of the molecule is CCCCCC/C=C/CCCCCCCCCC(=O)OC[C@@H](COC(=O)CCCCCCCCCCCCCCCC)OC(=O)CCCCCCC/C=C/CCCCCCC. The number of rotatable bonds is 49. The first-order valence-corrected chi connectivity index (χ1v) is 26.8. The molecule has 1 atom stereocenters. The Labute approximate surface area is 379 Å². The highest BCUT2D eigenvalue weighted by Crippen LogP contribution is 2.16. The minimum absolute atomic E-state index is 0.0720. The number of hydrogen-bond donors (Lipinski definition) is 0. The fourth-order valence-corrected chi connectivity index (χ4v) is 7.84. The molecule has 0 radical (unpaired) electrons. The van der Waals surface area contributed by atoms with Crippen LogP contribution in [0, 0.1) is 0 Å². The fraction of sp³-hybridized carbons (Fsp3) is 0.873. The van der Waals surface area contributed by atoms with Gasteiger partial charge in [-0.1, -0.05) is 225 Å². The van der Waals surface area contributed by atoms with Crippen molar-refractivity contribution >= 4 is 17.9 Å². The van der Waals surface area contributed by atoms with Crippen molar-refractivity contribution in [3.8, 4) is 0 Å². The summed E-state index contributed by atoms with van der Waals surface area (Å²) in [7, 11) is 0. The normalized spacial score (nSPS) is 12.1. The summed E-state index contributed by atoms with van der Waals surface area (Å²) >= 11 is 0. The van der Waals surface area contributed by atoms with Crippen LogP contribution in [-0.2, 0) is 28.6 Å². The van der Waals surface area contributed by atoms with Gasteiger partial charge in [0.25, 0.3) is 0 Å². The number of ether oxygens (including phenoxy) is 3. The van der Waals surface area contributed by atoms with Crippen molar-refractivity contribution in [2.45, 2.75) is 297 Å². The zero-order valence-electron chi connectivity index (χ0n) is 40.9. The van der Waals surface area contributed by atoms with Gasteiger partial charge in [-0.05, 0) is 70.6 Å². The maximum Gasteiger partial charge on any atom is 0.306 e. The monoisotopic (exact) mass is 859 g/mol. The summed E-state index contributed by atoms with van der Waals surface area (Å²) in [6.07, 6.45) is 57.3. The molecule has 61 heavy (non-hydrogen) atoms. The van der Waals surface area contributed by atoms with Gasteiger partial charge in [-0.3, -0.25) is 14.4 Å². The van der Waals surface area contributed by atoms with Crippen molar-refractivity contribution in [2.75, 3.05) is 13.2 Å². The van der Waals surface area contributed by atoms with Gasteiger partial charge in [0.15, 0.2) is 6.10 Å². The summed E-state index contributed by atoms with van der Waals surface area (Å²) in [5, 5.41) is 0. The van der Waals surface area contributed by atoms with E-state index < -0.39 is 6.10 Å². The van der Waals surface area contributed by atoms with Gasteiger partial charge in [0.05, 0.1) is 0 Å². The van der Waals surface area contributed by atoms with Gasteiger partial charge in [-0.25, -0.2) is 0 Å². The minimum atomic E-state index is -0.772. The second-order valence-corrected chi connectivity index (χ2v) is 18.1. The molecule has 0 rings (SSSR count). The van der Waals surface area contributed by atoms with Crippen LogP contribution >= 0.6 is 0 Å². The molecule has 0 aromatic heterocycles. The van der Waals surface area contributed by atoms with E-state index in [2.05, 4.69) is 45.1 Å². The highest BCUT2D eigenvalue weighted by atomic mass is 16.6. The molecule has 0 bridgehead atoms. The Morgan fingerprint density at radius 3 is 0.836 bits per heavy atom. The van der Waals surface area contributed by atoms with Crippen LogP contribution in [-0.4, -0.2) is 37.2 Å². The van der Waals surface area contributed by atoms with E-state index in [1.807, 2.05) is 0 Å². The second-order valence-electron chi connectivity index (χ2n) is 18.1. The third-order valence-electron chi connectivity index (χ3n) is 11.9. The largest absolute Gasteiger partial charge is 0.462 e. The lowest BCUT2D eigenvalue weighted by atomic mass is 10.0. The molecule has 0 heterocycles. The van der Waals surface area contributed by atoms with E-state index >= 15 is 0 Å². The molecule has 0 aliphatic heterocycles. The summed E-state index contributed by atoms with van der Waals surface area (Å²) in [4.78, 5) is 38.0.